The van der Waals surface area contributed by atoms with E-state index in [1.807, 2.05) is 12.3 Å². The van der Waals surface area contributed by atoms with Crippen molar-refractivity contribution in [2.45, 2.75) is 26.8 Å². The van der Waals surface area contributed by atoms with E-state index in [1.165, 1.54) is 22.0 Å². The maximum Gasteiger partial charge on any atom is 0.0651 e. The first-order valence-electron chi connectivity index (χ1n) is 6.77. The lowest BCUT2D eigenvalue weighted by Gasteiger charge is -2.10. The van der Waals surface area contributed by atoms with E-state index in [2.05, 4.69) is 59.9 Å². The second kappa shape index (κ2) is 4.88. The summed E-state index contributed by atoms with van der Waals surface area (Å²) >= 11 is 0. The van der Waals surface area contributed by atoms with Crippen LogP contribution in [0.15, 0.2) is 48.8 Å². The van der Waals surface area contributed by atoms with Crippen LogP contribution < -0.4 is 0 Å². The van der Waals surface area contributed by atoms with E-state index < -0.39 is 0 Å². The molecule has 0 atom stereocenters. The van der Waals surface area contributed by atoms with Crippen LogP contribution in [0.25, 0.3) is 10.9 Å². The van der Waals surface area contributed by atoms with Crippen molar-refractivity contribution >= 4 is 10.9 Å². The molecule has 3 rings (SSSR count). The van der Waals surface area contributed by atoms with Crippen molar-refractivity contribution in [2.24, 2.45) is 0 Å². The standard InChI is InChI=1S/C17H18N2/c1-3-14-7-4-8-15-9-11-19(17(14)15)12-16-13(2)6-5-10-18-16/h4-11H,3,12H2,1-2H3. The average Bonchev–Trinajstić information content (AvgIpc) is 2.85. The van der Waals surface area contributed by atoms with Crippen molar-refractivity contribution in [1.29, 1.82) is 0 Å². The first-order chi connectivity index (χ1) is 9.29. The van der Waals surface area contributed by atoms with Crippen LogP contribution in [0.4, 0.5) is 0 Å². The molecule has 0 aliphatic heterocycles. The quantitative estimate of drug-likeness (QED) is 0.688. The summed E-state index contributed by atoms with van der Waals surface area (Å²) in [6.07, 6.45) is 5.09. The van der Waals surface area contributed by atoms with Crippen LogP contribution in [0.1, 0.15) is 23.7 Å². The fourth-order valence-electron chi connectivity index (χ4n) is 2.60. The van der Waals surface area contributed by atoms with E-state index in [0.717, 1.165) is 18.7 Å². The second-order valence-corrected chi connectivity index (χ2v) is 4.92. The summed E-state index contributed by atoms with van der Waals surface area (Å²) in [4.78, 5) is 4.49. The van der Waals surface area contributed by atoms with Gasteiger partial charge < -0.3 is 4.57 Å². The molecule has 96 valence electrons. The molecule has 2 heterocycles. The number of rotatable bonds is 3. The molecule has 0 amide bonds. The lowest BCUT2D eigenvalue weighted by Crippen LogP contribution is -2.03. The normalized spacial score (nSPS) is 11.1. The molecule has 0 saturated heterocycles. The number of pyridine rings is 1. The van der Waals surface area contributed by atoms with Gasteiger partial charge >= 0.3 is 0 Å². The Morgan fingerprint density at radius 3 is 2.79 bits per heavy atom. The minimum absolute atomic E-state index is 0.840. The second-order valence-electron chi connectivity index (χ2n) is 4.92. The van der Waals surface area contributed by atoms with Crippen LogP contribution in [0.3, 0.4) is 0 Å². The van der Waals surface area contributed by atoms with Crippen molar-refractivity contribution in [3.8, 4) is 0 Å². The van der Waals surface area contributed by atoms with Crippen molar-refractivity contribution in [2.75, 3.05) is 0 Å². The van der Waals surface area contributed by atoms with Gasteiger partial charge in [0.25, 0.3) is 0 Å². The van der Waals surface area contributed by atoms with Crippen LogP contribution >= 0.6 is 0 Å². The minimum Gasteiger partial charge on any atom is -0.341 e. The Hall–Kier alpha value is -2.09. The summed E-state index contributed by atoms with van der Waals surface area (Å²) in [7, 11) is 0. The van der Waals surface area contributed by atoms with E-state index in [-0.39, 0.29) is 0 Å². The van der Waals surface area contributed by atoms with Crippen LogP contribution in [0, 0.1) is 6.92 Å². The zero-order chi connectivity index (χ0) is 13.2. The van der Waals surface area contributed by atoms with Crippen molar-refractivity contribution < 1.29 is 0 Å². The predicted octanol–water partition coefficient (Wildman–Crippen LogP) is 3.96. The minimum atomic E-state index is 0.840. The number of aromatic nitrogens is 2. The van der Waals surface area contributed by atoms with Crippen molar-refractivity contribution in [3.05, 3.63) is 65.6 Å². The summed E-state index contributed by atoms with van der Waals surface area (Å²) in [6.45, 7) is 5.17. The Morgan fingerprint density at radius 2 is 2.00 bits per heavy atom. The van der Waals surface area contributed by atoms with Gasteiger partial charge in [-0.3, -0.25) is 4.98 Å². The van der Waals surface area contributed by atoms with Crippen LogP contribution in [-0.4, -0.2) is 9.55 Å². The number of aryl methyl sites for hydroxylation is 2. The van der Waals surface area contributed by atoms with E-state index in [0.29, 0.717) is 0 Å². The molecule has 1 aromatic carbocycles. The molecule has 0 N–H and O–H groups in total. The number of fused-ring (bicyclic) bond motifs is 1. The third-order valence-corrected chi connectivity index (χ3v) is 3.69. The third kappa shape index (κ3) is 2.14. The van der Waals surface area contributed by atoms with Crippen LogP contribution in [0.5, 0.6) is 0 Å². The number of nitrogens with zero attached hydrogens (tertiary/aromatic N) is 2. The van der Waals surface area contributed by atoms with Gasteiger partial charge in [0, 0.05) is 12.4 Å². The SMILES string of the molecule is CCc1cccc2ccn(Cc3ncccc3C)c12. The van der Waals surface area contributed by atoms with Gasteiger partial charge in [0.2, 0.25) is 0 Å². The van der Waals surface area contributed by atoms with Gasteiger partial charge in [-0.1, -0.05) is 31.2 Å². The van der Waals surface area contributed by atoms with E-state index in [1.54, 1.807) is 0 Å². The van der Waals surface area contributed by atoms with Gasteiger partial charge in [-0.15, -0.1) is 0 Å². The fourth-order valence-corrected chi connectivity index (χ4v) is 2.60. The predicted molar refractivity (Wildman–Crippen MR) is 79.4 cm³/mol. The molecule has 0 bridgehead atoms. The van der Waals surface area contributed by atoms with Gasteiger partial charge in [-0.05, 0) is 42.0 Å². The summed E-state index contributed by atoms with van der Waals surface area (Å²) in [5.41, 5.74) is 5.13. The summed E-state index contributed by atoms with van der Waals surface area (Å²) in [5, 5.41) is 1.31. The highest BCUT2D eigenvalue weighted by Gasteiger charge is 2.07. The molecule has 2 heteroatoms. The fraction of sp³-hybridized carbons (Fsp3) is 0.235. The van der Waals surface area contributed by atoms with Crippen LogP contribution in [0.2, 0.25) is 0 Å². The van der Waals surface area contributed by atoms with Crippen LogP contribution in [-0.2, 0) is 13.0 Å². The summed E-state index contributed by atoms with van der Waals surface area (Å²) in [5.74, 6) is 0. The highest BCUT2D eigenvalue weighted by molar-refractivity contribution is 5.83. The van der Waals surface area contributed by atoms with Gasteiger partial charge in [0.1, 0.15) is 0 Å². The largest absolute Gasteiger partial charge is 0.341 e. The smallest absolute Gasteiger partial charge is 0.0651 e. The Balaban J connectivity index is 2.09. The third-order valence-electron chi connectivity index (χ3n) is 3.69. The molecule has 0 aliphatic carbocycles. The Labute approximate surface area is 113 Å². The van der Waals surface area contributed by atoms with Crippen molar-refractivity contribution in [3.63, 3.8) is 0 Å². The van der Waals surface area contributed by atoms with Crippen molar-refractivity contribution in [1.82, 2.24) is 9.55 Å². The number of hydrogen-bond donors (Lipinski definition) is 0. The lowest BCUT2D eigenvalue weighted by atomic mass is 10.1. The zero-order valence-electron chi connectivity index (χ0n) is 11.4. The zero-order valence-corrected chi connectivity index (χ0v) is 11.4. The Morgan fingerprint density at radius 1 is 1.11 bits per heavy atom. The number of para-hydroxylation sites is 1. The molecular weight excluding hydrogens is 232 g/mol. The number of benzene rings is 1. The topological polar surface area (TPSA) is 17.8 Å². The number of hydrogen-bond acceptors (Lipinski definition) is 1. The maximum absolute atomic E-state index is 4.49. The van der Waals surface area contributed by atoms with E-state index in [4.69, 9.17) is 0 Å². The molecule has 19 heavy (non-hydrogen) atoms. The molecular formula is C17H18N2. The van der Waals surface area contributed by atoms with Gasteiger partial charge in [-0.2, -0.15) is 0 Å². The van der Waals surface area contributed by atoms with Gasteiger partial charge in [0.05, 0.1) is 17.8 Å². The Kier molecular flexibility index (Phi) is 3.08. The van der Waals surface area contributed by atoms with Gasteiger partial charge in [-0.25, -0.2) is 0 Å². The average molecular weight is 250 g/mol. The molecule has 0 radical (unpaired) electrons. The summed E-state index contributed by atoms with van der Waals surface area (Å²) < 4.78 is 2.31. The highest BCUT2D eigenvalue weighted by Crippen LogP contribution is 2.22. The van der Waals surface area contributed by atoms with E-state index >= 15 is 0 Å². The maximum atomic E-state index is 4.49. The molecule has 3 aromatic rings. The molecule has 0 unspecified atom stereocenters. The molecule has 0 saturated carbocycles. The molecule has 2 nitrogen and oxygen atoms in total. The lowest BCUT2D eigenvalue weighted by molar-refractivity contribution is 0.795. The van der Waals surface area contributed by atoms with Gasteiger partial charge in [0.15, 0.2) is 0 Å². The van der Waals surface area contributed by atoms with E-state index in [9.17, 15) is 0 Å². The molecule has 2 aromatic heterocycles. The molecule has 0 fully saturated rings. The first kappa shape index (κ1) is 12.0. The molecule has 0 aliphatic rings. The first-order valence-corrected chi connectivity index (χ1v) is 6.77. The summed E-state index contributed by atoms with van der Waals surface area (Å²) in [6, 6.07) is 12.8. The Bertz CT molecular complexity index is 710. The highest BCUT2D eigenvalue weighted by atomic mass is 15.0. The monoisotopic (exact) mass is 250 g/mol. The molecule has 0 spiro atoms.